The third kappa shape index (κ3) is 6.97. The monoisotopic (exact) mass is 437 g/mol. The van der Waals surface area contributed by atoms with Crippen LogP contribution < -0.4 is 5.32 Å². The average molecular weight is 438 g/mol. The van der Waals surface area contributed by atoms with Crippen molar-refractivity contribution in [3.8, 4) is 0 Å². The zero-order valence-electron chi connectivity index (χ0n) is 15.8. The SMILES string of the molecule is Cc1nc2ccc(Br)cn2c1C(=O)NCCCCCCCCCCC(=O)O. The molecule has 0 saturated heterocycles. The highest BCUT2D eigenvalue weighted by molar-refractivity contribution is 9.10. The van der Waals surface area contributed by atoms with E-state index in [1.54, 1.807) is 0 Å². The van der Waals surface area contributed by atoms with E-state index in [0.29, 0.717) is 12.2 Å². The number of aromatic nitrogens is 2. The van der Waals surface area contributed by atoms with Crippen LogP contribution >= 0.6 is 15.9 Å². The number of aryl methyl sites for hydroxylation is 1. The second kappa shape index (κ2) is 11.1. The van der Waals surface area contributed by atoms with Crippen LogP contribution in [0.2, 0.25) is 0 Å². The Bertz CT molecular complexity index is 773. The first-order chi connectivity index (χ1) is 13.0. The summed E-state index contributed by atoms with van der Waals surface area (Å²) in [6, 6.07) is 3.80. The maximum Gasteiger partial charge on any atom is 0.303 e. The number of imidazole rings is 1. The van der Waals surface area contributed by atoms with Crippen molar-refractivity contribution in [3.05, 3.63) is 34.2 Å². The van der Waals surface area contributed by atoms with E-state index in [-0.39, 0.29) is 12.3 Å². The summed E-state index contributed by atoms with van der Waals surface area (Å²) in [5.41, 5.74) is 2.09. The third-order valence-electron chi connectivity index (χ3n) is 4.57. The molecule has 2 rings (SSSR count). The molecule has 0 saturated carbocycles. The summed E-state index contributed by atoms with van der Waals surface area (Å²) in [5.74, 6) is -0.791. The second-order valence-electron chi connectivity index (χ2n) is 6.85. The number of halogens is 1. The number of amides is 1. The third-order valence-corrected chi connectivity index (χ3v) is 5.04. The fourth-order valence-electron chi connectivity index (χ4n) is 3.16. The normalized spacial score (nSPS) is 11.0. The summed E-state index contributed by atoms with van der Waals surface area (Å²) < 4.78 is 2.73. The summed E-state index contributed by atoms with van der Waals surface area (Å²) in [7, 11) is 0. The molecule has 2 aromatic heterocycles. The molecule has 2 aromatic rings. The van der Waals surface area contributed by atoms with Gasteiger partial charge in [0.15, 0.2) is 0 Å². The van der Waals surface area contributed by atoms with Crippen LogP contribution in [-0.4, -0.2) is 32.9 Å². The fraction of sp³-hybridized carbons (Fsp3) is 0.550. The van der Waals surface area contributed by atoms with E-state index in [1.807, 2.05) is 29.7 Å². The highest BCUT2D eigenvalue weighted by Gasteiger charge is 2.16. The lowest BCUT2D eigenvalue weighted by atomic mass is 10.1. The molecule has 6 nitrogen and oxygen atoms in total. The molecule has 0 unspecified atom stereocenters. The molecule has 0 fully saturated rings. The number of pyridine rings is 1. The van der Waals surface area contributed by atoms with Gasteiger partial charge < -0.3 is 10.4 Å². The number of carbonyl (C=O) groups is 2. The molecule has 1 amide bonds. The lowest BCUT2D eigenvalue weighted by Crippen LogP contribution is -2.26. The van der Waals surface area contributed by atoms with Crippen molar-refractivity contribution in [2.75, 3.05) is 6.54 Å². The molecule has 27 heavy (non-hydrogen) atoms. The maximum atomic E-state index is 12.5. The Hall–Kier alpha value is -1.89. The van der Waals surface area contributed by atoms with Gasteiger partial charge in [0.2, 0.25) is 0 Å². The van der Waals surface area contributed by atoms with E-state index in [1.165, 1.54) is 6.42 Å². The fourth-order valence-corrected chi connectivity index (χ4v) is 3.49. The Balaban J connectivity index is 1.61. The maximum absolute atomic E-state index is 12.5. The number of aliphatic carboxylic acids is 1. The Labute approximate surface area is 168 Å². The Kier molecular flexibility index (Phi) is 8.78. The number of carboxylic acids is 1. The van der Waals surface area contributed by atoms with Gasteiger partial charge in [-0.15, -0.1) is 0 Å². The average Bonchev–Trinajstić information content (AvgIpc) is 2.94. The smallest absolute Gasteiger partial charge is 0.303 e. The van der Waals surface area contributed by atoms with Gasteiger partial charge in [0.25, 0.3) is 5.91 Å². The molecule has 0 atom stereocenters. The first-order valence-corrected chi connectivity index (χ1v) is 10.4. The van der Waals surface area contributed by atoms with Crippen molar-refractivity contribution in [2.45, 2.75) is 64.7 Å². The van der Waals surface area contributed by atoms with Crippen molar-refractivity contribution in [1.82, 2.24) is 14.7 Å². The van der Waals surface area contributed by atoms with E-state index in [2.05, 4.69) is 26.2 Å². The summed E-state index contributed by atoms with van der Waals surface area (Å²) in [6.07, 6.45) is 10.5. The number of unbranched alkanes of at least 4 members (excludes halogenated alkanes) is 7. The van der Waals surface area contributed by atoms with E-state index in [0.717, 1.165) is 60.8 Å². The van der Waals surface area contributed by atoms with Gasteiger partial charge in [0, 0.05) is 23.6 Å². The standard InChI is InChI=1S/C20H28BrN3O3/c1-15-19(24-14-16(21)11-12-17(24)23-15)20(27)22-13-9-7-5-3-2-4-6-8-10-18(25)26/h11-12,14H,2-10,13H2,1H3,(H,22,27)(H,25,26). The number of hydrogen-bond acceptors (Lipinski definition) is 3. The predicted molar refractivity (Wildman–Crippen MR) is 109 cm³/mol. The Morgan fingerprint density at radius 1 is 1.07 bits per heavy atom. The van der Waals surface area contributed by atoms with Gasteiger partial charge in [-0.25, -0.2) is 4.98 Å². The predicted octanol–water partition coefficient (Wildman–Crippen LogP) is 4.73. The first-order valence-electron chi connectivity index (χ1n) is 9.63. The van der Waals surface area contributed by atoms with Crippen molar-refractivity contribution < 1.29 is 14.7 Å². The van der Waals surface area contributed by atoms with Crippen LogP contribution in [0.1, 0.15) is 74.0 Å². The molecule has 0 radical (unpaired) electrons. The van der Waals surface area contributed by atoms with Crippen molar-refractivity contribution >= 4 is 33.5 Å². The van der Waals surface area contributed by atoms with Crippen LogP contribution in [0.15, 0.2) is 22.8 Å². The summed E-state index contributed by atoms with van der Waals surface area (Å²) >= 11 is 3.43. The quantitative estimate of drug-likeness (QED) is 0.470. The second-order valence-corrected chi connectivity index (χ2v) is 7.77. The number of fused-ring (bicyclic) bond motifs is 1. The van der Waals surface area contributed by atoms with Gasteiger partial charge in [0.05, 0.1) is 5.69 Å². The largest absolute Gasteiger partial charge is 0.481 e. The minimum Gasteiger partial charge on any atom is -0.481 e. The minimum absolute atomic E-state index is 0.0865. The van der Waals surface area contributed by atoms with Gasteiger partial charge in [-0.3, -0.25) is 14.0 Å². The number of hydrogen-bond donors (Lipinski definition) is 2. The number of nitrogens with zero attached hydrogens (tertiary/aromatic N) is 2. The van der Waals surface area contributed by atoms with Crippen LogP contribution in [0.25, 0.3) is 5.65 Å². The Morgan fingerprint density at radius 3 is 2.37 bits per heavy atom. The van der Waals surface area contributed by atoms with Crippen LogP contribution in [0.4, 0.5) is 0 Å². The van der Waals surface area contributed by atoms with Crippen molar-refractivity contribution in [3.63, 3.8) is 0 Å². The highest BCUT2D eigenvalue weighted by atomic mass is 79.9. The number of nitrogens with one attached hydrogen (secondary N) is 1. The molecule has 2 N–H and O–H groups in total. The summed E-state index contributed by atoms with van der Waals surface area (Å²) in [6.45, 7) is 2.52. The van der Waals surface area contributed by atoms with E-state index >= 15 is 0 Å². The van der Waals surface area contributed by atoms with Gasteiger partial charge in [-0.2, -0.15) is 0 Å². The molecule has 7 heteroatoms. The summed E-state index contributed by atoms with van der Waals surface area (Å²) in [5, 5.41) is 11.6. The Morgan fingerprint density at radius 2 is 1.70 bits per heavy atom. The minimum atomic E-state index is -0.705. The zero-order chi connectivity index (χ0) is 19.6. The lowest BCUT2D eigenvalue weighted by molar-refractivity contribution is -0.137. The first kappa shape index (κ1) is 21.4. The molecule has 0 aromatic carbocycles. The van der Waals surface area contributed by atoms with Crippen molar-refractivity contribution in [2.24, 2.45) is 0 Å². The molecule has 0 bridgehead atoms. The zero-order valence-corrected chi connectivity index (χ0v) is 17.4. The van der Waals surface area contributed by atoms with E-state index in [9.17, 15) is 9.59 Å². The highest BCUT2D eigenvalue weighted by Crippen LogP contribution is 2.16. The summed E-state index contributed by atoms with van der Waals surface area (Å²) in [4.78, 5) is 27.4. The number of rotatable bonds is 12. The van der Waals surface area contributed by atoms with Gasteiger partial charge >= 0.3 is 5.97 Å². The number of carbonyl (C=O) groups excluding carboxylic acids is 1. The molecular formula is C20H28BrN3O3. The van der Waals surface area contributed by atoms with Gasteiger partial charge in [-0.1, -0.05) is 38.5 Å². The van der Waals surface area contributed by atoms with Crippen LogP contribution in [0.5, 0.6) is 0 Å². The molecule has 0 aliphatic carbocycles. The van der Waals surface area contributed by atoms with E-state index < -0.39 is 5.97 Å². The molecule has 0 aliphatic heterocycles. The molecular weight excluding hydrogens is 410 g/mol. The molecule has 0 aliphatic rings. The number of carboxylic acid groups (broad SMARTS) is 1. The van der Waals surface area contributed by atoms with Crippen LogP contribution in [-0.2, 0) is 4.79 Å². The lowest BCUT2D eigenvalue weighted by Gasteiger charge is -2.06. The van der Waals surface area contributed by atoms with E-state index in [4.69, 9.17) is 5.11 Å². The topological polar surface area (TPSA) is 83.7 Å². The van der Waals surface area contributed by atoms with Crippen LogP contribution in [0, 0.1) is 6.92 Å². The van der Waals surface area contributed by atoms with Crippen LogP contribution in [0.3, 0.4) is 0 Å². The molecule has 0 spiro atoms. The van der Waals surface area contributed by atoms with Gasteiger partial charge in [-0.05, 0) is 47.8 Å². The molecule has 2 heterocycles. The van der Waals surface area contributed by atoms with Gasteiger partial charge in [0.1, 0.15) is 11.3 Å². The molecule has 148 valence electrons. The van der Waals surface area contributed by atoms with Crippen molar-refractivity contribution in [1.29, 1.82) is 0 Å².